The second kappa shape index (κ2) is 11.5. The first kappa shape index (κ1) is 20.0. The van der Waals surface area contributed by atoms with Gasteiger partial charge in [-0.3, -0.25) is 0 Å². The van der Waals surface area contributed by atoms with Gasteiger partial charge < -0.3 is 5.48 Å². The van der Waals surface area contributed by atoms with Gasteiger partial charge in [0.2, 0.25) is 0 Å². The summed E-state index contributed by atoms with van der Waals surface area (Å²) in [6.45, 7) is 2.16. The molecule has 0 atom stereocenters. The van der Waals surface area contributed by atoms with Crippen molar-refractivity contribution in [3.8, 4) is 0 Å². The standard InChI is InChI=1S/C18H15Ge.C2H5.H2O.Sn/c1-4-10-16(11-5-1)19(17-12-6-2-7-13-17)18-14-8-3-9-15-18;1-2;;/h1-15H;1H2,2H3;1H2;. The summed E-state index contributed by atoms with van der Waals surface area (Å²) in [5.74, 6) is 0. The molecule has 3 aromatic carbocycles. The van der Waals surface area contributed by atoms with Crippen molar-refractivity contribution in [2.75, 3.05) is 0 Å². The molecule has 2 N–H and O–H groups in total. The maximum absolute atomic E-state index is 2.27. The van der Waals surface area contributed by atoms with E-state index in [1.165, 1.54) is 17.6 Å². The Kier molecular flexibility index (Phi) is 9.99. The van der Waals surface area contributed by atoms with Gasteiger partial charge in [0.15, 0.2) is 0 Å². The average Bonchev–Trinajstić information content (AvgIpc) is 2.59. The van der Waals surface area contributed by atoms with Crippen LogP contribution in [-0.4, -0.2) is 42.3 Å². The van der Waals surface area contributed by atoms with Crippen LogP contribution in [0.15, 0.2) is 91.0 Å². The first-order chi connectivity index (χ1) is 10.9. The number of hydrogen-bond acceptors (Lipinski definition) is 0. The molecule has 0 aliphatic heterocycles. The van der Waals surface area contributed by atoms with Crippen LogP contribution in [-0.2, 0) is 0 Å². The first-order valence-corrected chi connectivity index (χ1v) is 12.7. The molecular weight excluding hydrogens is 448 g/mol. The minimum absolute atomic E-state index is 0. The number of hydrogen-bond donors (Lipinski definition) is 0. The molecule has 0 aliphatic rings. The third-order valence-electron chi connectivity index (χ3n) is 3.19. The van der Waals surface area contributed by atoms with Crippen molar-refractivity contribution in [3.05, 3.63) is 91.0 Å². The van der Waals surface area contributed by atoms with Crippen molar-refractivity contribution < 1.29 is 5.48 Å². The van der Waals surface area contributed by atoms with E-state index < -0.39 is 14.3 Å². The molecule has 0 unspecified atom stereocenters. The summed E-state index contributed by atoms with van der Waals surface area (Å²) in [5.41, 5.74) is 0. The summed E-state index contributed by atoms with van der Waals surface area (Å²) >= 11 is 0.00278. The van der Waals surface area contributed by atoms with Crippen molar-refractivity contribution in [1.29, 1.82) is 0 Å². The molecule has 3 heteroatoms. The third kappa shape index (κ3) is 6.17. The molecule has 0 saturated heterocycles. The van der Waals surface area contributed by atoms with Gasteiger partial charge in [0.1, 0.15) is 0 Å². The predicted molar refractivity (Wildman–Crippen MR) is 104 cm³/mol. The Morgan fingerprint density at radius 1 is 0.609 bits per heavy atom. The van der Waals surface area contributed by atoms with Crippen LogP contribution in [0, 0.1) is 0 Å². The summed E-state index contributed by atoms with van der Waals surface area (Å²) in [6.07, 6.45) is 0. The van der Waals surface area contributed by atoms with E-state index in [4.69, 9.17) is 0 Å². The van der Waals surface area contributed by atoms with E-state index in [9.17, 15) is 0 Å². The summed E-state index contributed by atoms with van der Waals surface area (Å²) in [5, 5.41) is 0. The van der Waals surface area contributed by atoms with Gasteiger partial charge in [0, 0.05) is 0 Å². The van der Waals surface area contributed by atoms with Crippen LogP contribution in [0.5, 0.6) is 0 Å². The Hall–Kier alpha value is -1.04. The number of rotatable bonds is 3. The average molecular weight is 470 g/mol. The van der Waals surface area contributed by atoms with E-state index in [1.54, 1.807) is 22.5 Å². The van der Waals surface area contributed by atoms with Crippen LogP contribution in [0.3, 0.4) is 0 Å². The molecule has 3 aromatic rings. The summed E-state index contributed by atoms with van der Waals surface area (Å²) in [4.78, 5) is 0. The minimum atomic E-state index is -1.63. The van der Waals surface area contributed by atoms with E-state index in [1.807, 2.05) is 0 Å². The van der Waals surface area contributed by atoms with Crippen molar-refractivity contribution in [1.82, 2.24) is 0 Å². The molecule has 3 rings (SSSR count). The summed E-state index contributed by atoms with van der Waals surface area (Å²) in [6, 6.07) is 32.8. The van der Waals surface area contributed by atoms with Crippen LogP contribution in [0.1, 0.15) is 6.92 Å². The van der Waals surface area contributed by atoms with E-state index in [0.717, 1.165) is 0 Å². The summed E-state index contributed by atoms with van der Waals surface area (Å²) < 4.78 is 5.84. The normalized spacial score (nSPS) is 9.52. The van der Waals surface area contributed by atoms with E-state index in [-0.39, 0.29) is 5.48 Å². The van der Waals surface area contributed by atoms with Crippen molar-refractivity contribution >= 4 is 50.1 Å². The maximum atomic E-state index is 2.27. The van der Waals surface area contributed by atoms with E-state index in [0.29, 0.717) is 0 Å². The molecule has 0 amide bonds. The molecule has 4 radical (unpaired) electrons. The Labute approximate surface area is 157 Å². The molecule has 23 heavy (non-hydrogen) atoms. The van der Waals surface area contributed by atoms with Gasteiger partial charge >= 0.3 is 152 Å². The van der Waals surface area contributed by atoms with E-state index in [2.05, 4.69) is 97.9 Å². The van der Waals surface area contributed by atoms with Gasteiger partial charge in [-0.2, -0.15) is 0 Å². The fourth-order valence-corrected chi connectivity index (χ4v) is 7.72. The zero-order valence-electron chi connectivity index (χ0n) is 13.4. The molecule has 0 saturated carbocycles. The van der Waals surface area contributed by atoms with Gasteiger partial charge in [-0.05, 0) is 0 Å². The molecule has 0 bridgehead atoms. The van der Waals surface area contributed by atoms with Crippen LogP contribution in [0.4, 0.5) is 0 Å². The zero-order valence-corrected chi connectivity index (χ0v) is 18.3. The quantitative estimate of drug-likeness (QED) is 0.526. The molecule has 0 fully saturated rings. The number of benzene rings is 3. The van der Waals surface area contributed by atoms with Gasteiger partial charge in [-0.25, -0.2) is 0 Å². The molecule has 0 aromatic heterocycles. The van der Waals surface area contributed by atoms with Crippen LogP contribution >= 0.6 is 0 Å². The second-order valence-corrected chi connectivity index (χ2v) is 12.1. The van der Waals surface area contributed by atoms with Gasteiger partial charge in [0.05, 0.1) is 0 Å². The molecule has 1 nitrogen and oxygen atoms in total. The first-order valence-electron chi connectivity index (χ1n) is 7.54. The topological polar surface area (TPSA) is 31.5 Å². The van der Waals surface area contributed by atoms with Crippen LogP contribution in [0.2, 0.25) is 4.44 Å². The van der Waals surface area contributed by atoms with Gasteiger partial charge in [0.25, 0.3) is 0 Å². The predicted octanol–water partition coefficient (Wildman–Crippen LogP) is 1.97. The summed E-state index contributed by atoms with van der Waals surface area (Å²) in [7, 11) is 0. The third-order valence-corrected chi connectivity index (χ3v) is 8.92. The van der Waals surface area contributed by atoms with Gasteiger partial charge in [-0.15, -0.1) is 0 Å². The van der Waals surface area contributed by atoms with Crippen molar-refractivity contribution in [3.63, 3.8) is 0 Å². The Morgan fingerprint density at radius 2 is 0.826 bits per heavy atom. The Morgan fingerprint density at radius 3 is 1.04 bits per heavy atom. The Bertz CT molecular complexity index is 550. The van der Waals surface area contributed by atoms with Gasteiger partial charge in [-0.1, -0.05) is 0 Å². The fourth-order valence-electron chi connectivity index (χ4n) is 2.31. The van der Waals surface area contributed by atoms with E-state index >= 15 is 0 Å². The SMILES string of the molecule is C[CH2][Sn].O.c1cc[c]([Ge]([c]2ccccc2)[c]2ccccc2)cc1. The molecule has 116 valence electrons. The second-order valence-electron chi connectivity index (χ2n) is 4.83. The monoisotopic (exact) mass is 472 g/mol. The fraction of sp³-hybridized carbons (Fsp3) is 0.100. The van der Waals surface area contributed by atoms with Crippen LogP contribution < -0.4 is 13.2 Å². The van der Waals surface area contributed by atoms with Crippen LogP contribution in [0.25, 0.3) is 0 Å². The molecular formula is C20H22GeOSn. The molecule has 0 heterocycles. The molecule has 0 aliphatic carbocycles. The van der Waals surface area contributed by atoms with Crippen molar-refractivity contribution in [2.45, 2.75) is 11.4 Å². The molecule has 0 spiro atoms. The van der Waals surface area contributed by atoms with Crippen molar-refractivity contribution in [2.24, 2.45) is 0 Å². The Balaban J connectivity index is 0.000000615. The zero-order chi connectivity index (χ0) is 15.6.